The highest BCUT2D eigenvalue weighted by atomic mass is 15.2. The average Bonchev–Trinajstić information content (AvgIpc) is 3.25. The number of amidine groups is 1. The van der Waals surface area contributed by atoms with Crippen molar-refractivity contribution in [3.63, 3.8) is 0 Å². The molecular weight excluding hydrogens is 418 g/mol. The van der Waals surface area contributed by atoms with E-state index in [0.29, 0.717) is 12.0 Å². The molecule has 1 saturated heterocycles. The van der Waals surface area contributed by atoms with Gasteiger partial charge in [-0.05, 0) is 36.6 Å². The molecule has 34 heavy (non-hydrogen) atoms. The largest absolute Gasteiger partial charge is 0.329 e. The van der Waals surface area contributed by atoms with Crippen molar-refractivity contribution < 1.29 is 0 Å². The Bertz CT molecular complexity index is 882. The second-order valence-corrected chi connectivity index (χ2v) is 10.0. The van der Waals surface area contributed by atoms with E-state index in [4.69, 9.17) is 4.99 Å². The first kappa shape index (κ1) is 24.9. The normalized spacial score (nSPS) is 22.7. The van der Waals surface area contributed by atoms with Crippen LogP contribution in [0.5, 0.6) is 0 Å². The predicted octanol–water partition coefficient (Wildman–Crippen LogP) is 5.50. The summed E-state index contributed by atoms with van der Waals surface area (Å²) in [5.41, 5.74) is 4.98. The second kappa shape index (κ2) is 12.5. The summed E-state index contributed by atoms with van der Waals surface area (Å²) >= 11 is 0. The lowest BCUT2D eigenvalue weighted by atomic mass is 9.94. The Balaban J connectivity index is 1.60. The minimum Gasteiger partial charge on any atom is -0.329 e. The van der Waals surface area contributed by atoms with Crippen LogP contribution in [0, 0.1) is 5.92 Å². The van der Waals surface area contributed by atoms with Crippen LogP contribution in [0.2, 0.25) is 0 Å². The lowest BCUT2D eigenvalue weighted by Gasteiger charge is -2.31. The van der Waals surface area contributed by atoms with Gasteiger partial charge in [0.05, 0.1) is 0 Å². The molecule has 1 aromatic rings. The number of benzene rings is 1. The Morgan fingerprint density at radius 1 is 1.06 bits per heavy atom. The van der Waals surface area contributed by atoms with Crippen molar-refractivity contribution in [2.24, 2.45) is 15.9 Å². The lowest BCUT2D eigenvalue weighted by Crippen LogP contribution is -2.42. The third-order valence-corrected chi connectivity index (χ3v) is 7.77. The molecule has 5 heteroatoms. The summed E-state index contributed by atoms with van der Waals surface area (Å²) in [6.07, 6.45) is 13.1. The molecule has 1 saturated carbocycles. The Hall–Kier alpha value is -2.24. The highest BCUT2D eigenvalue weighted by Crippen LogP contribution is 2.37. The zero-order chi connectivity index (χ0) is 23.8. The third kappa shape index (κ3) is 6.05. The van der Waals surface area contributed by atoms with Gasteiger partial charge >= 0.3 is 0 Å². The van der Waals surface area contributed by atoms with E-state index in [-0.39, 0.29) is 0 Å². The van der Waals surface area contributed by atoms with Crippen LogP contribution in [0.4, 0.5) is 0 Å². The summed E-state index contributed by atoms with van der Waals surface area (Å²) in [5.74, 6) is 1.73. The van der Waals surface area contributed by atoms with Crippen molar-refractivity contribution >= 4 is 18.1 Å². The Morgan fingerprint density at radius 2 is 1.76 bits per heavy atom. The van der Waals surface area contributed by atoms with Gasteiger partial charge in [-0.3, -0.25) is 14.9 Å². The quantitative estimate of drug-likeness (QED) is 0.494. The molecule has 1 N–H and O–H groups in total. The zero-order valence-electron chi connectivity index (χ0n) is 21.3. The van der Waals surface area contributed by atoms with Crippen LogP contribution in [-0.4, -0.2) is 61.1 Å². The van der Waals surface area contributed by atoms with E-state index in [1.165, 1.54) is 61.6 Å². The van der Waals surface area contributed by atoms with Crippen LogP contribution in [0.3, 0.4) is 0 Å². The van der Waals surface area contributed by atoms with Gasteiger partial charge in [-0.15, -0.1) is 0 Å². The molecule has 0 radical (unpaired) electrons. The fourth-order valence-corrected chi connectivity index (χ4v) is 5.46. The standard InChI is InChI=1S/C29H43N5/c1-4-23(5-2)19-32-29-27(20-30-3)28(22-34(29)26-9-7-6-8-10-26)25-13-11-24(12-14-25)21-33-17-15-31-16-18-33/h11-14,20,22-23,26,31H,3-10,15-19,21H2,1-2H3/b27-20-,32-29?. The number of hydrogen-bond acceptors (Lipinski definition) is 4. The maximum atomic E-state index is 5.21. The molecule has 0 bridgehead atoms. The minimum atomic E-state index is 0.534. The second-order valence-electron chi connectivity index (χ2n) is 10.0. The molecule has 4 rings (SSSR count). The monoisotopic (exact) mass is 461 g/mol. The molecule has 0 amide bonds. The van der Waals surface area contributed by atoms with Gasteiger partial charge in [-0.1, -0.05) is 70.2 Å². The van der Waals surface area contributed by atoms with Gasteiger partial charge < -0.3 is 10.2 Å². The lowest BCUT2D eigenvalue weighted by molar-refractivity contribution is 0.233. The van der Waals surface area contributed by atoms with E-state index in [1.807, 2.05) is 6.20 Å². The van der Waals surface area contributed by atoms with Gasteiger partial charge in [0, 0.05) is 68.9 Å². The Morgan fingerprint density at radius 3 is 2.41 bits per heavy atom. The van der Waals surface area contributed by atoms with Crippen molar-refractivity contribution in [1.29, 1.82) is 0 Å². The summed E-state index contributed by atoms with van der Waals surface area (Å²) in [6, 6.07) is 9.68. The van der Waals surface area contributed by atoms with Gasteiger partial charge in [0.2, 0.25) is 0 Å². The van der Waals surface area contributed by atoms with Crippen molar-refractivity contribution in [3.8, 4) is 0 Å². The Labute approximate surface area is 206 Å². The number of nitrogens with zero attached hydrogens (tertiary/aromatic N) is 4. The van der Waals surface area contributed by atoms with Crippen molar-refractivity contribution in [3.05, 3.63) is 53.4 Å². The topological polar surface area (TPSA) is 43.2 Å². The number of piperazine rings is 1. The fraction of sp³-hybridized carbons (Fsp3) is 0.586. The number of nitrogens with one attached hydrogen (secondary N) is 1. The van der Waals surface area contributed by atoms with Gasteiger partial charge in [-0.2, -0.15) is 0 Å². The number of rotatable bonds is 9. The molecule has 1 aromatic carbocycles. The van der Waals surface area contributed by atoms with E-state index < -0.39 is 0 Å². The minimum absolute atomic E-state index is 0.534. The van der Waals surface area contributed by atoms with E-state index in [2.05, 4.69) is 71.1 Å². The summed E-state index contributed by atoms with van der Waals surface area (Å²) in [6.45, 7) is 14.7. The SMILES string of the molecule is C=N/C=C1/C(c2ccc(CN3CCNCC3)cc2)=CN(C2CCCCC2)C1=NCC(CC)CC. The summed E-state index contributed by atoms with van der Waals surface area (Å²) in [5, 5.41) is 3.44. The van der Waals surface area contributed by atoms with Gasteiger partial charge in [-0.25, -0.2) is 0 Å². The van der Waals surface area contributed by atoms with E-state index in [1.54, 1.807) is 0 Å². The van der Waals surface area contributed by atoms with E-state index in [9.17, 15) is 0 Å². The van der Waals surface area contributed by atoms with E-state index >= 15 is 0 Å². The highest BCUT2D eigenvalue weighted by Gasteiger charge is 2.32. The zero-order valence-corrected chi connectivity index (χ0v) is 21.3. The molecule has 5 nitrogen and oxygen atoms in total. The first-order valence-electron chi connectivity index (χ1n) is 13.5. The highest BCUT2D eigenvalue weighted by molar-refractivity contribution is 6.16. The molecule has 184 valence electrons. The smallest absolute Gasteiger partial charge is 0.137 e. The van der Waals surface area contributed by atoms with Crippen molar-refractivity contribution in [2.75, 3.05) is 32.7 Å². The molecule has 0 unspecified atom stereocenters. The third-order valence-electron chi connectivity index (χ3n) is 7.77. The molecule has 2 heterocycles. The van der Waals surface area contributed by atoms with Crippen LogP contribution < -0.4 is 5.32 Å². The first-order chi connectivity index (χ1) is 16.7. The van der Waals surface area contributed by atoms with Crippen LogP contribution in [0.15, 0.2) is 52.2 Å². The number of hydrogen-bond donors (Lipinski definition) is 1. The molecule has 0 aromatic heterocycles. The van der Waals surface area contributed by atoms with Crippen molar-refractivity contribution in [1.82, 2.24) is 15.1 Å². The fourth-order valence-electron chi connectivity index (χ4n) is 5.46. The molecular formula is C29H43N5. The summed E-state index contributed by atoms with van der Waals surface area (Å²) in [4.78, 5) is 14.4. The first-order valence-corrected chi connectivity index (χ1v) is 13.5. The summed E-state index contributed by atoms with van der Waals surface area (Å²) in [7, 11) is 0. The average molecular weight is 462 g/mol. The summed E-state index contributed by atoms with van der Waals surface area (Å²) < 4.78 is 0. The van der Waals surface area contributed by atoms with Crippen LogP contribution >= 0.6 is 0 Å². The molecule has 0 spiro atoms. The maximum absolute atomic E-state index is 5.21. The maximum Gasteiger partial charge on any atom is 0.137 e. The van der Waals surface area contributed by atoms with Gasteiger partial charge in [0.1, 0.15) is 5.84 Å². The van der Waals surface area contributed by atoms with Crippen LogP contribution in [0.1, 0.15) is 69.9 Å². The van der Waals surface area contributed by atoms with Crippen LogP contribution in [0.25, 0.3) is 5.57 Å². The van der Waals surface area contributed by atoms with Crippen molar-refractivity contribution in [2.45, 2.75) is 71.4 Å². The molecule has 3 aliphatic rings. The van der Waals surface area contributed by atoms with Gasteiger partial charge in [0.25, 0.3) is 0 Å². The Kier molecular flexibility index (Phi) is 9.11. The number of aliphatic imine (C=N–C) groups is 2. The predicted molar refractivity (Wildman–Crippen MR) is 145 cm³/mol. The van der Waals surface area contributed by atoms with E-state index in [0.717, 1.165) is 50.7 Å². The van der Waals surface area contributed by atoms with Gasteiger partial charge in [0.15, 0.2) is 0 Å². The molecule has 1 aliphatic carbocycles. The molecule has 0 atom stereocenters. The molecule has 2 aliphatic heterocycles. The van der Waals surface area contributed by atoms with Crippen LogP contribution in [-0.2, 0) is 6.54 Å². The molecule has 2 fully saturated rings.